The first kappa shape index (κ1) is 21.9. The van der Waals surface area contributed by atoms with Crippen molar-refractivity contribution < 1.29 is 22.7 Å². The highest BCUT2D eigenvalue weighted by atomic mass is 32.2. The molecule has 0 unspecified atom stereocenters. The van der Waals surface area contributed by atoms with Crippen molar-refractivity contribution in [1.82, 2.24) is 4.31 Å². The zero-order valence-electron chi connectivity index (χ0n) is 18.2. The van der Waals surface area contributed by atoms with Crippen molar-refractivity contribution >= 4 is 27.5 Å². The second-order valence-electron chi connectivity index (χ2n) is 7.85. The molecular weight excluding hydrogens is 430 g/mol. The van der Waals surface area contributed by atoms with Crippen molar-refractivity contribution in [3.05, 3.63) is 65.4 Å². The van der Waals surface area contributed by atoms with E-state index in [-0.39, 0.29) is 23.9 Å². The average Bonchev–Trinajstić information content (AvgIpc) is 3.58. The lowest BCUT2D eigenvalue weighted by atomic mass is 10.1. The number of nitrogens with zero attached hydrogens (tertiary/aromatic N) is 2. The van der Waals surface area contributed by atoms with E-state index in [1.165, 1.54) is 20.3 Å². The minimum absolute atomic E-state index is 0.0400. The van der Waals surface area contributed by atoms with Gasteiger partial charge in [0.05, 0.1) is 19.9 Å². The van der Waals surface area contributed by atoms with Crippen LogP contribution in [0.15, 0.2) is 58.6 Å². The summed E-state index contributed by atoms with van der Waals surface area (Å²) >= 11 is 0. The summed E-state index contributed by atoms with van der Waals surface area (Å²) in [4.78, 5) is 13.2. The fourth-order valence-corrected chi connectivity index (χ4v) is 4.77. The van der Waals surface area contributed by atoms with Gasteiger partial charge in [0.1, 0.15) is 5.70 Å². The zero-order chi connectivity index (χ0) is 22.9. The Balaban J connectivity index is 1.74. The van der Waals surface area contributed by atoms with E-state index in [0.29, 0.717) is 22.7 Å². The first-order valence-corrected chi connectivity index (χ1v) is 11.6. The molecule has 9 heteroatoms. The summed E-state index contributed by atoms with van der Waals surface area (Å²) in [5.41, 5.74) is 2.27. The van der Waals surface area contributed by atoms with Crippen molar-refractivity contribution in [1.29, 1.82) is 0 Å². The van der Waals surface area contributed by atoms with Crippen molar-refractivity contribution in [3.63, 3.8) is 0 Å². The molecule has 168 valence electrons. The summed E-state index contributed by atoms with van der Waals surface area (Å²) in [7, 11) is -1.07. The molecule has 32 heavy (non-hydrogen) atoms. The SMILES string of the molecule is COc1ccc(C2=NS(=O)(=O)N(CC3CC3)C(C(=O)Nc3cccc(C)c3)=C2)cc1OC. The molecule has 0 radical (unpaired) electrons. The van der Waals surface area contributed by atoms with E-state index in [0.717, 1.165) is 22.7 Å². The van der Waals surface area contributed by atoms with Gasteiger partial charge in [-0.3, -0.25) is 4.79 Å². The molecule has 0 bridgehead atoms. The van der Waals surface area contributed by atoms with Crippen molar-refractivity contribution in [2.45, 2.75) is 19.8 Å². The Morgan fingerprint density at radius 3 is 2.53 bits per heavy atom. The van der Waals surface area contributed by atoms with E-state index in [1.54, 1.807) is 24.3 Å². The van der Waals surface area contributed by atoms with E-state index >= 15 is 0 Å². The van der Waals surface area contributed by atoms with Crippen LogP contribution in [0.2, 0.25) is 0 Å². The van der Waals surface area contributed by atoms with Crippen molar-refractivity contribution in [3.8, 4) is 11.5 Å². The molecular formula is C23H25N3O5S. The second-order valence-corrected chi connectivity index (χ2v) is 9.37. The first-order chi connectivity index (χ1) is 15.3. The number of amides is 1. The molecule has 1 fully saturated rings. The summed E-state index contributed by atoms with van der Waals surface area (Å²) in [5.74, 6) is 0.669. The summed E-state index contributed by atoms with van der Waals surface area (Å²) < 4.78 is 41.9. The minimum atomic E-state index is -4.09. The van der Waals surface area contributed by atoms with Crippen LogP contribution in [0.4, 0.5) is 5.69 Å². The summed E-state index contributed by atoms with van der Waals surface area (Å²) in [6, 6.07) is 12.3. The van der Waals surface area contributed by atoms with E-state index in [1.807, 2.05) is 25.1 Å². The van der Waals surface area contributed by atoms with Gasteiger partial charge in [-0.25, -0.2) is 4.31 Å². The smallest absolute Gasteiger partial charge is 0.345 e. The number of carbonyl (C=O) groups is 1. The number of anilines is 1. The molecule has 0 spiro atoms. The van der Waals surface area contributed by atoms with Crippen LogP contribution in [0.25, 0.3) is 0 Å². The molecule has 4 rings (SSSR count). The number of ether oxygens (including phenoxy) is 2. The topological polar surface area (TPSA) is 97.3 Å². The van der Waals surface area contributed by atoms with Gasteiger partial charge < -0.3 is 14.8 Å². The number of methoxy groups -OCH3 is 2. The van der Waals surface area contributed by atoms with Gasteiger partial charge in [0.25, 0.3) is 5.91 Å². The second kappa shape index (κ2) is 8.66. The number of carbonyl (C=O) groups excluding carboxylic acids is 1. The molecule has 2 aromatic carbocycles. The Hall–Kier alpha value is -3.33. The van der Waals surface area contributed by atoms with Gasteiger partial charge in [-0.2, -0.15) is 8.42 Å². The Morgan fingerprint density at radius 2 is 1.88 bits per heavy atom. The maximum atomic E-state index is 13.2. The van der Waals surface area contributed by atoms with Crippen LogP contribution in [0, 0.1) is 12.8 Å². The molecule has 1 aliphatic heterocycles. The molecule has 2 aromatic rings. The highest BCUT2D eigenvalue weighted by Gasteiger charge is 2.37. The predicted octanol–water partition coefficient (Wildman–Crippen LogP) is 3.29. The quantitative estimate of drug-likeness (QED) is 0.691. The number of allylic oxidation sites excluding steroid dienone is 1. The first-order valence-electron chi connectivity index (χ1n) is 10.3. The fraction of sp³-hybridized carbons (Fsp3) is 0.304. The molecule has 1 amide bonds. The van der Waals surface area contributed by atoms with Gasteiger partial charge in [0.15, 0.2) is 11.5 Å². The predicted molar refractivity (Wildman–Crippen MR) is 122 cm³/mol. The van der Waals surface area contributed by atoms with Crippen LogP contribution in [-0.2, 0) is 15.0 Å². The Bertz CT molecular complexity index is 1220. The third kappa shape index (κ3) is 4.62. The molecule has 0 aromatic heterocycles. The lowest BCUT2D eigenvalue weighted by Crippen LogP contribution is -2.39. The Morgan fingerprint density at radius 1 is 1.12 bits per heavy atom. The van der Waals surface area contributed by atoms with Gasteiger partial charge in [0.2, 0.25) is 0 Å². The minimum Gasteiger partial charge on any atom is -0.493 e. The zero-order valence-corrected chi connectivity index (χ0v) is 19.0. The fourth-order valence-electron chi connectivity index (χ4n) is 3.48. The molecule has 8 nitrogen and oxygen atoms in total. The number of aryl methyl sites for hydroxylation is 1. The van der Waals surface area contributed by atoms with Crippen LogP contribution in [0.3, 0.4) is 0 Å². The third-order valence-electron chi connectivity index (χ3n) is 5.34. The van der Waals surface area contributed by atoms with Gasteiger partial charge >= 0.3 is 10.2 Å². The lowest BCUT2D eigenvalue weighted by Gasteiger charge is -2.27. The standard InChI is InChI=1S/C23H25N3O5S/c1-15-5-4-6-18(11-15)24-23(27)20-13-19(17-9-10-21(30-2)22(12-17)31-3)25-32(28,29)26(20)14-16-7-8-16/h4-6,9-13,16H,7-8,14H2,1-3H3,(H,24,27). The van der Waals surface area contributed by atoms with Crippen LogP contribution < -0.4 is 14.8 Å². The number of rotatable bonds is 7. The molecule has 1 saturated carbocycles. The van der Waals surface area contributed by atoms with Crippen LogP contribution in [0.1, 0.15) is 24.0 Å². The average molecular weight is 456 g/mol. The molecule has 0 saturated heterocycles. The van der Waals surface area contributed by atoms with Gasteiger partial charge in [0, 0.05) is 17.8 Å². The highest BCUT2D eigenvalue weighted by molar-refractivity contribution is 7.88. The van der Waals surface area contributed by atoms with Gasteiger partial charge in [-0.15, -0.1) is 4.40 Å². The molecule has 0 atom stereocenters. The maximum absolute atomic E-state index is 13.2. The van der Waals surface area contributed by atoms with Crippen LogP contribution >= 0.6 is 0 Å². The molecule has 1 aliphatic carbocycles. The molecule has 1 N–H and O–H groups in total. The number of benzene rings is 2. The van der Waals surface area contributed by atoms with Crippen molar-refractivity contribution in [2.24, 2.45) is 10.3 Å². The normalized spacial score (nSPS) is 17.3. The van der Waals surface area contributed by atoms with E-state index in [4.69, 9.17) is 9.47 Å². The Labute approximate surface area is 187 Å². The summed E-state index contributed by atoms with van der Waals surface area (Å²) in [5, 5.41) is 2.81. The molecule has 2 aliphatic rings. The largest absolute Gasteiger partial charge is 0.493 e. The van der Waals surface area contributed by atoms with Crippen LogP contribution in [-0.4, -0.2) is 45.1 Å². The third-order valence-corrected chi connectivity index (χ3v) is 6.67. The molecule has 1 heterocycles. The van der Waals surface area contributed by atoms with E-state index in [2.05, 4.69) is 9.71 Å². The number of hydrogen-bond acceptors (Lipinski definition) is 5. The number of nitrogens with one attached hydrogen (secondary N) is 1. The monoisotopic (exact) mass is 455 g/mol. The van der Waals surface area contributed by atoms with E-state index < -0.39 is 16.1 Å². The van der Waals surface area contributed by atoms with Gasteiger partial charge in [-0.1, -0.05) is 12.1 Å². The van der Waals surface area contributed by atoms with Crippen LogP contribution in [0.5, 0.6) is 11.5 Å². The Kier molecular flexibility index (Phi) is 5.92. The number of hydrogen-bond donors (Lipinski definition) is 1. The maximum Gasteiger partial charge on any atom is 0.345 e. The van der Waals surface area contributed by atoms with Gasteiger partial charge in [-0.05, 0) is 67.7 Å². The van der Waals surface area contributed by atoms with Crippen molar-refractivity contribution in [2.75, 3.05) is 26.1 Å². The van der Waals surface area contributed by atoms with E-state index in [9.17, 15) is 13.2 Å². The summed E-state index contributed by atoms with van der Waals surface area (Å²) in [6.07, 6.45) is 3.38. The summed E-state index contributed by atoms with van der Waals surface area (Å²) in [6.45, 7) is 2.15. The lowest BCUT2D eigenvalue weighted by molar-refractivity contribution is -0.113. The highest BCUT2D eigenvalue weighted by Crippen LogP contribution is 2.35.